The topological polar surface area (TPSA) is 238 Å². The Morgan fingerprint density at radius 2 is 1.73 bits per heavy atom. The summed E-state index contributed by atoms with van der Waals surface area (Å²) in [4.78, 5) is 65.8. The van der Waals surface area contributed by atoms with Crippen LogP contribution in [0.3, 0.4) is 0 Å². The number of ether oxygens (including phenoxy) is 1. The molecule has 5 aliphatic rings. The molecular weight excluding hydrogens is 644 g/mol. The fourth-order valence-electron chi connectivity index (χ4n) is 7.24. The second-order valence-corrected chi connectivity index (χ2v) is 14.5. The maximum absolute atomic E-state index is 13.4. The van der Waals surface area contributed by atoms with Gasteiger partial charge in [0.15, 0.2) is 0 Å². The van der Waals surface area contributed by atoms with Gasteiger partial charge in [0.25, 0.3) is 0 Å². The first-order valence-electron chi connectivity index (χ1n) is 16.2. The number of carbonyl (C=O) groups excluding carboxylic acids is 3. The number of esters is 1. The molecule has 2 heterocycles. The van der Waals surface area contributed by atoms with E-state index in [1.54, 1.807) is 12.4 Å². The predicted octanol–water partition coefficient (Wildman–Crippen LogP) is 1.22. The second-order valence-electron chi connectivity index (χ2n) is 13.3. The zero-order valence-corrected chi connectivity index (χ0v) is 27.2. The van der Waals surface area contributed by atoms with E-state index in [0.29, 0.717) is 30.4 Å². The molecule has 2 bridgehead atoms. The molecule has 0 aromatic carbocycles. The Balaban J connectivity index is 1.40. The average molecular weight is 687 g/mol. The van der Waals surface area contributed by atoms with Crippen LogP contribution in [0, 0.1) is 23.7 Å². The number of rotatable bonds is 13. The van der Waals surface area contributed by atoms with Crippen LogP contribution in [0.5, 0.6) is 0 Å². The molecule has 4 aliphatic carbocycles. The van der Waals surface area contributed by atoms with E-state index in [4.69, 9.17) is 20.7 Å². The zero-order chi connectivity index (χ0) is 34.6. The van der Waals surface area contributed by atoms with Crippen LogP contribution in [0.1, 0.15) is 63.4 Å². The number of allylic oxidation sites excluding steroid dienone is 1. The van der Waals surface area contributed by atoms with Gasteiger partial charge >= 0.3 is 17.9 Å². The largest absolute Gasteiger partial charge is 0.478 e. The molecule has 1 aliphatic heterocycles. The van der Waals surface area contributed by atoms with Crippen LogP contribution in [0.25, 0.3) is 0 Å². The summed E-state index contributed by atoms with van der Waals surface area (Å²) in [5.41, 5.74) is 5.92. The summed E-state index contributed by atoms with van der Waals surface area (Å²) in [7, 11) is 0. The Labute approximate surface area is 281 Å². The highest BCUT2D eigenvalue weighted by molar-refractivity contribution is 8.00. The van der Waals surface area contributed by atoms with Crippen molar-refractivity contribution in [2.24, 2.45) is 29.4 Å². The number of thioether (sulfide) groups is 1. The Bertz CT molecular complexity index is 1470. The van der Waals surface area contributed by atoms with E-state index in [9.17, 15) is 34.2 Å². The summed E-state index contributed by atoms with van der Waals surface area (Å²) in [5, 5.41) is 41.8. The molecule has 260 valence electrons. The fraction of sp³-hybridized carbons (Fsp3) is 0.576. The first-order chi connectivity index (χ1) is 22.8. The van der Waals surface area contributed by atoms with E-state index in [1.807, 2.05) is 23.5 Å². The molecule has 0 radical (unpaired) electrons. The van der Waals surface area contributed by atoms with Gasteiger partial charge in [-0.3, -0.25) is 25.1 Å². The average Bonchev–Trinajstić information content (AvgIpc) is 3.38. The number of carboxylic acid groups (broad SMARTS) is 2. The van der Waals surface area contributed by atoms with Gasteiger partial charge in [-0.05, 0) is 66.7 Å². The molecule has 8 N–H and O–H groups in total. The number of aliphatic carboxylic acids is 2. The molecular formula is C33H42N4O10S. The van der Waals surface area contributed by atoms with Gasteiger partial charge in [-0.1, -0.05) is 37.3 Å². The summed E-state index contributed by atoms with van der Waals surface area (Å²) >= 11 is 1.30. The molecule has 1 aromatic heterocycles. The molecule has 1 fully saturated rings. The summed E-state index contributed by atoms with van der Waals surface area (Å²) in [6.07, 6.45) is 9.43. The summed E-state index contributed by atoms with van der Waals surface area (Å²) in [6.45, 7) is 0. The third-order valence-corrected chi connectivity index (χ3v) is 11.1. The number of pyridine rings is 1. The van der Waals surface area contributed by atoms with Gasteiger partial charge in [0, 0.05) is 31.0 Å². The Hall–Kier alpha value is -3.79. The highest BCUT2D eigenvalue weighted by Crippen LogP contribution is 2.51. The van der Waals surface area contributed by atoms with Crippen LogP contribution in [0.15, 0.2) is 47.5 Å². The minimum Gasteiger partial charge on any atom is -0.478 e. The Kier molecular flexibility index (Phi) is 11.2. The maximum Gasteiger partial charge on any atom is 0.353 e. The van der Waals surface area contributed by atoms with E-state index < -0.39 is 60.5 Å². The van der Waals surface area contributed by atoms with Crippen molar-refractivity contribution in [1.29, 1.82) is 0 Å². The summed E-state index contributed by atoms with van der Waals surface area (Å²) in [5.74, 6) is -4.54. The third kappa shape index (κ3) is 8.62. The SMILES string of the molecule is NC(O)(CCC(=O)NC(CSC1CC2CCC(CC2)CC2CC(Cc3ccncc3)=CC3C(=O)OC1=C23)C(=O)NC(O)C(=O)O)C(=O)O. The number of aliphatic hydroxyl groups excluding tert-OH is 1. The molecule has 1 aromatic rings. The summed E-state index contributed by atoms with van der Waals surface area (Å²) in [6, 6.07) is 2.58. The molecule has 1 saturated carbocycles. The molecule has 6 rings (SSSR count). The maximum atomic E-state index is 13.4. The quantitative estimate of drug-likeness (QED) is 0.0879. The smallest absolute Gasteiger partial charge is 0.353 e. The lowest BCUT2D eigenvalue weighted by Gasteiger charge is -2.37. The molecule has 6 unspecified atom stereocenters. The number of hydrogen-bond donors (Lipinski definition) is 7. The first kappa shape index (κ1) is 35.5. The monoisotopic (exact) mass is 686 g/mol. The molecule has 48 heavy (non-hydrogen) atoms. The number of fused-ring (bicyclic) bond motifs is 3. The van der Waals surface area contributed by atoms with Crippen molar-refractivity contribution in [1.82, 2.24) is 15.6 Å². The van der Waals surface area contributed by atoms with E-state index in [0.717, 1.165) is 49.7 Å². The van der Waals surface area contributed by atoms with Crippen molar-refractivity contribution in [3.8, 4) is 0 Å². The number of nitrogens with two attached hydrogens (primary N) is 1. The lowest BCUT2D eigenvalue weighted by atomic mass is 9.68. The number of nitrogens with one attached hydrogen (secondary N) is 2. The third-order valence-electron chi connectivity index (χ3n) is 9.77. The van der Waals surface area contributed by atoms with Gasteiger partial charge in [0.05, 0.1) is 5.25 Å². The van der Waals surface area contributed by atoms with E-state index >= 15 is 0 Å². The van der Waals surface area contributed by atoms with Crippen molar-refractivity contribution in [2.45, 2.75) is 87.5 Å². The van der Waals surface area contributed by atoms with Gasteiger partial charge in [0.2, 0.25) is 23.8 Å². The van der Waals surface area contributed by atoms with Gasteiger partial charge in [0.1, 0.15) is 17.7 Å². The molecule has 0 saturated heterocycles. The zero-order valence-electron chi connectivity index (χ0n) is 26.4. The van der Waals surface area contributed by atoms with Crippen molar-refractivity contribution in [3.63, 3.8) is 0 Å². The number of hydrogen-bond acceptors (Lipinski definition) is 11. The highest BCUT2D eigenvalue weighted by atomic mass is 32.2. The van der Waals surface area contributed by atoms with Crippen LogP contribution >= 0.6 is 11.8 Å². The predicted molar refractivity (Wildman–Crippen MR) is 171 cm³/mol. The second kappa shape index (κ2) is 15.2. The van der Waals surface area contributed by atoms with Crippen LogP contribution in [0.4, 0.5) is 0 Å². The Morgan fingerprint density at radius 3 is 2.38 bits per heavy atom. The molecule has 2 amide bonds. The van der Waals surface area contributed by atoms with Crippen LogP contribution < -0.4 is 16.4 Å². The molecule has 0 spiro atoms. The fourth-order valence-corrected chi connectivity index (χ4v) is 8.64. The standard InChI is InChI=1S/C33H42N4O10S/c34-33(46,32(44)45)8-5-25(38)36-23(28(39)37-29(40)30(41)42)16-48-24-15-18-3-1-17(2-4-18)12-21-13-20(11-19-6-9-35-10-7-19)14-22-26(21)27(24)47-31(22)43/h6-7,9-10,14,17-18,21-24,29,40,46H,1-5,8,11-13,15-16,34H2,(H,36,38)(H,37,39)(H,41,42)(H,44,45). The molecule has 15 heteroatoms. The summed E-state index contributed by atoms with van der Waals surface area (Å²) < 4.78 is 6.06. The van der Waals surface area contributed by atoms with Crippen molar-refractivity contribution < 1.29 is 49.1 Å². The molecule has 14 nitrogen and oxygen atoms in total. The number of amides is 2. The van der Waals surface area contributed by atoms with Crippen molar-refractivity contribution in [2.75, 3.05) is 5.75 Å². The van der Waals surface area contributed by atoms with E-state index in [2.05, 4.69) is 10.3 Å². The lowest BCUT2D eigenvalue weighted by Crippen LogP contribution is -2.53. The minimum atomic E-state index is -2.67. The highest BCUT2D eigenvalue weighted by Gasteiger charge is 2.46. The van der Waals surface area contributed by atoms with Crippen LogP contribution in [-0.4, -0.2) is 84.1 Å². The minimum absolute atomic E-state index is 0.0808. The van der Waals surface area contributed by atoms with E-state index in [1.165, 1.54) is 17.3 Å². The normalized spacial score (nSPS) is 27.4. The number of aromatic nitrogens is 1. The van der Waals surface area contributed by atoms with Gasteiger partial charge in [-0.15, -0.1) is 11.8 Å². The van der Waals surface area contributed by atoms with Crippen LogP contribution in [-0.2, 0) is 35.1 Å². The number of carboxylic acids is 2. The first-order valence-corrected chi connectivity index (χ1v) is 17.3. The van der Waals surface area contributed by atoms with Gasteiger partial charge in [-0.2, -0.15) is 0 Å². The Morgan fingerprint density at radius 1 is 1.06 bits per heavy atom. The van der Waals surface area contributed by atoms with Gasteiger partial charge in [-0.25, -0.2) is 9.59 Å². The van der Waals surface area contributed by atoms with Crippen LogP contribution in [0.2, 0.25) is 0 Å². The molecule has 6 atom stereocenters. The lowest BCUT2D eigenvalue weighted by molar-refractivity contribution is -0.159. The van der Waals surface area contributed by atoms with Crippen molar-refractivity contribution in [3.05, 3.63) is 53.1 Å². The number of carbonyl (C=O) groups is 5. The number of nitrogens with zero attached hydrogens (tertiary/aromatic N) is 1. The van der Waals surface area contributed by atoms with Crippen molar-refractivity contribution >= 4 is 41.5 Å². The number of aliphatic hydroxyl groups is 2. The van der Waals surface area contributed by atoms with E-state index in [-0.39, 0.29) is 22.9 Å². The van der Waals surface area contributed by atoms with Gasteiger partial charge < -0.3 is 35.8 Å².